The fourth-order valence-corrected chi connectivity index (χ4v) is 5.70. The highest BCUT2D eigenvalue weighted by molar-refractivity contribution is 7.21. The minimum Gasteiger partial charge on any atom is -0.371 e. The molecule has 1 atom stereocenters. The summed E-state index contributed by atoms with van der Waals surface area (Å²) in [5.74, 6) is -0.304. The third kappa shape index (κ3) is 3.63. The van der Waals surface area contributed by atoms with Crippen molar-refractivity contribution >= 4 is 38.2 Å². The number of benzene rings is 2. The Hall–Kier alpha value is -2.74. The summed E-state index contributed by atoms with van der Waals surface area (Å²) in [6.07, 6.45) is 1.88. The van der Waals surface area contributed by atoms with E-state index in [2.05, 4.69) is 22.5 Å². The zero-order valence-electron chi connectivity index (χ0n) is 17.5. The van der Waals surface area contributed by atoms with Gasteiger partial charge >= 0.3 is 0 Å². The summed E-state index contributed by atoms with van der Waals surface area (Å²) in [6.45, 7) is 2.76. The van der Waals surface area contributed by atoms with Crippen LogP contribution in [0.4, 0.5) is 4.39 Å². The number of hydrogen-bond acceptors (Lipinski definition) is 4. The van der Waals surface area contributed by atoms with Crippen LogP contribution in [0.2, 0.25) is 0 Å². The van der Waals surface area contributed by atoms with E-state index in [1.54, 1.807) is 13.1 Å². The monoisotopic (exact) mass is 437 g/mol. The maximum absolute atomic E-state index is 13.9. The summed E-state index contributed by atoms with van der Waals surface area (Å²) in [5.41, 5.74) is 3.08. The highest BCUT2D eigenvalue weighted by Crippen LogP contribution is 2.38. The number of nitrogens with one attached hydrogen (secondary N) is 1. The predicted octanol–water partition coefficient (Wildman–Crippen LogP) is 4.47. The Morgan fingerprint density at radius 3 is 2.94 bits per heavy atom. The minimum atomic E-state index is -0.222. The van der Waals surface area contributed by atoms with Gasteiger partial charge in [0.15, 0.2) is 0 Å². The fraction of sp³-hybridized carbons (Fsp3) is 0.292. The van der Waals surface area contributed by atoms with E-state index in [1.165, 1.54) is 17.4 Å². The predicted molar refractivity (Wildman–Crippen MR) is 122 cm³/mol. The second-order valence-corrected chi connectivity index (χ2v) is 8.99. The summed E-state index contributed by atoms with van der Waals surface area (Å²) in [5, 5.41) is 4.78. The lowest BCUT2D eigenvalue weighted by Crippen LogP contribution is -2.38. The van der Waals surface area contributed by atoms with Crippen LogP contribution in [-0.2, 0) is 18.3 Å². The first-order valence-corrected chi connectivity index (χ1v) is 11.2. The lowest BCUT2D eigenvalue weighted by atomic mass is 10.0. The highest BCUT2D eigenvalue weighted by atomic mass is 32.1. The summed E-state index contributed by atoms with van der Waals surface area (Å²) in [7, 11) is 3.64. The molecule has 1 N–H and O–H groups in total. The number of hydrogen-bond donors (Lipinski definition) is 1. The second kappa shape index (κ2) is 8.07. The van der Waals surface area contributed by atoms with Gasteiger partial charge in [0, 0.05) is 61.1 Å². The number of nitrogens with zero attached hydrogens (tertiary/aromatic N) is 2. The van der Waals surface area contributed by atoms with Crippen molar-refractivity contribution in [2.24, 2.45) is 7.05 Å². The van der Waals surface area contributed by atoms with E-state index in [0.29, 0.717) is 24.6 Å². The van der Waals surface area contributed by atoms with Gasteiger partial charge in [-0.2, -0.15) is 0 Å². The lowest BCUT2D eigenvalue weighted by Gasteiger charge is -2.33. The normalized spacial score (nSPS) is 17.5. The van der Waals surface area contributed by atoms with Crippen molar-refractivity contribution in [1.82, 2.24) is 14.8 Å². The highest BCUT2D eigenvalue weighted by Gasteiger charge is 2.29. The molecular formula is C24H24FN3O2S. The molecule has 3 heterocycles. The van der Waals surface area contributed by atoms with E-state index in [4.69, 9.17) is 4.74 Å². The molecule has 4 aromatic rings. The molecule has 1 amide bonds. The molecule has 0 bridgehead atoms. The van der Waals surface area contributed by atoms with E-state index in [1.807, 2.05) is 35.9 Å². The topological polar surface area (TPSA) is 46.5 Å². The number of thiophene rings is 1. The van der Waals surface area contributed by atoms with Gasteiger partial charge in [0.1, 0.15) is 5.82 Å². The van der Waals surface area contributed by atoms with E-state index in [9.17, 15) is 9.18 Å². The van der Waals surface area contributed by atoms with Crippen molar-refractivity contribution in [3.05, 3.63) is 70.5 Å². The van der Waals surface area contributed by atoms with E-state index < -0.39 is 0 Å². The van der Waals surface area contributed by atoms with Crippen LogP contribution in [0.1, 0.15) is 26.9 Å². The van der Waals surface area contributed by atoms with Crippen molar-refractivity contribution in [3.8, 4) is 0 Å². The molecule has 1 aliphatic heterocycles. The number of aromatic nitrogens is 1. The van der Waals surface area contributed by atoms with Crippen molar-refractivity contribution in [2.45, 2.75) is 12.6 Å². The number of fused-ring (bicyclic) bond motifs is 2. The van der Waals surface area contributed by atoms with Crippen LogP contribution in [-0.4, -0.2) is 42.1 Å². The molecule has 0 spiro atoms. The lowest BCUT2D eigenvalue weighted by molar-refractivity contribution is -0.0322. The van der Waals surface area contributed by atoms with E-state index in [0.717, 1.165) is 38.7 Å². The molecule has 2 aromatic heterocycles. The van der Waals surface area contributed by atoms with E-state index >= 15 is 0 Å². The molecule has 0 radical (unpaired) electrons. The largest absolute Gasteiger partial charge is 0.371 e. The number of halogens is 1. The Morgan fingerprint density at radius 2 is 2.10 bits per heavy atom. The van der Waals surface area contributed by atoms with Crippen molar-refractivity contribution in [3.63, 3.8) is 0 Å². The maximum atomic E-state index is 13.9. The van der Waals surface area contributed by atoms with Gasteiger partial charge in [-0.3, -0.25) is 9.69 Å². The number of rotatable bonds is 4. The molecule has 0 unspecified atom stereocenters. The summed E-state index contributed by atoms with van der Waals surface area (Å²) in [6, 6.07) is 13.0. The quantitative estimate of drug-likeness (QED) is 0.513. The Labute approximate surface area is 184 Å². The molecule has 1 fully saturated rings. The average Bonchev–Trinajstić information content (AvgIpc) is 3.31. The summed E-state index contributed by atoms with van der Waals surface area (Å²) >= 11 is 1.51. The van der Waals surface area contributed by atoms with Gasteiger partial charge in [0.25, 0.3) is 5.91 Å². The summed E-state index contributed by atoms with van der Waals surface area (Å²) < 4.78 is 23.2. The Balaban J connectivity index is 1.47. The molecule has 2 aromatic carbocycles. The number of carbonyl (C=O) groups excluding carboxylic acids is 1. The Bertz CT molecular complexity index is 1280. The van der Waals surface area contributed by atoms with Crippen LogP contribution in [0.3, 0.4) is 0 Å². The van der Waals surface area contributed by atoms with Gasteiger partial charge in [0.05, 0.1) is 17.6 Å². The smallest absolute Gasteiger partial charge is 0.261 e. The first-order valence-electron chi connectivity index (χ1n) is 10.4. The second-order valence-electron chi connectivity index (χ2n) is 7.94. The van der Waals surface area contributed by atoms with Crippen LogP contribution in [0.25, 0.3) is 21.0 Å². The van der Waals surface area contributed by atoms with Gasteiger partial charge in [-0.25, -0.2) is 4.39 Å². The number of ether oxygens (including phenoxy) is 1. The van der Waals surface area contributed by atoms with Gasteiger partial charge in [-0.1, -0.05) is 18.2 Å². The molecule has 0 aliphatic carbocycles. The van der Waals surface area contributed by atoms with Gasteiger partial charge in [0.2, 0.25) is 0 Å². The zero-order valence-corrected chi connectivity index (χ0v) is 18.3. The summed E-state index contributed by atoms with van der Waals surface area (Å²) in [4.78, 5) is 15.6. The first-order chi connectivity index (χ1) is 15.0. The number of amides is 1. The van der Waals surface area contributed by atoms with Gasteiger partial charge in [-0.15, -0.1) is 11.3 Å². The number of carbonyl (C=O) groups is 1. The van der Waals surface area contributed by atoms with Crippen LogP contribution in [0.15, 0.2) is 48.7 Å². The minimum absolute atomic E-state index is 0.0820. The van der Waals surface area contributed by atoms with Crippen molar-refractivity contribution in [1.29, 1.82) is 0 Å². The third-order valence-electron chi connectivity index (χ3n) is 5.97. The van der Waals surface area contributed by atoms with Crippen LogP contribution in [0, 0.1) is 5.82 Å². The van der Waals surface area contributed by atoms with E-state index in [-0.39, 0.29) is 17.8 Å². The molecule has 1 saturated heterocycles. The van der Waals surface area contributed by atoms with Crippen LogP contribution < -0.4 is 5.32 Å². The average molecular weight is 438 g/mol. The van der Waals surface area contributed by atoms with Gasteiger partial charge in [-0.05, 0) is 35.2 Å². The zero-order chi connectivity index (χ0) is 21.5. The van der Waals surface area contributed by atoms with Gasteiger partial charge < -0.3 is 14.6 Å². The molecule has 160 valence electrons. The molecule has 0 saturated carbocycles. The molecule has 31 heavy (non-hydrogen) atoms. The molecule has 5 nitrogen and oxygen atoms in total. The molecule has 5 rings (SSSR count). The maximum Gasteiger partial charge on any atom is 0.261 e. The van der Waals surface area contributed by atoms with Crippen LogP contribution >= 0.6 is 11.3 Å². The third-order valence-corrected chi connectivity index (χ3v) is 7.15. The van der Waals surface area contributed by atoms with Crippen molar-refractivity contribution in [2.75, 3.05) is 26.7 Å². The SMILES string of the molecule is CNC(=O)c1sc2ccccc2c1[C@@H]1CN(Cc2cn(C)c3ccc(F)cc23)CCO1. The standard InChI is InChI=1S/C24H24FN3O2S/c1-26-24(29)23-22(17-5-3-4-6-21(17)31-23)20-14-28(9-10-30-20)13-15-12-27(2)19-8-7-16(25)11-18(15)19/h3-8,11-12,20H,9-10,13-14H2,1-2H3,(H,26,29)/t20-/m0/s1. The molecular weight excluding hydrogens is 413 g/mol. The first kappa shape index (κ1) is 20.2. The fourth-order valence-electron chi connectivity index (χ4n) is 4.50. The molecule has 7 heteroatoms. The Morgan fingerprint density at radius 1 is 1.26 bits per heavy atom. The number of aryl methyl sites for hydroxylation is 1. The Kier molecular flexibility index (Phi) is 5.25. The van der Waals surface area contributed by atoms with Crippen molar-refractivity contribution < 1.29 is 13.9 Å². The number of morpholine rings is 1. The molecule has 1 aliphatic rings. The van der Waals surface area contributed by atoms with Crippen LogP contribution in [0.5, 0.6) is 0 Å².